The molecule has 4 heteroatoms. The Morgan fingerprint density at radius 3 is 2.67 bits per heavy atom. The van der Waals surface area contributed by atoms with Gasteiger partial charge in [-0.15, -0.1) is 0 Å². The van der Waals surface area contributed by atoms with E-state index in [1.807, 2.05) is 0 Å². The van der Waals surface area contributed by atoms with Crippen molar-refractivity contribution in [3.05, 3.63) is 47.5 Å². The van der Waals surface area contributed by atoms with Crippen LogP contribution in [-0.2, 0) is 13.0 Å². The summed E-state index contributed by atoms with van der Waals surface area (Å²) in [6.07, 6.45) is 6.11. The van der Waals surface area contributed by atoms with Crippen molar-refractivity contribution < 1.29 is 0 Å². The van der Waals surface area contributed by atoms with Gasteiger partial charge in [-0.1, -0.05) is 37.3 Å². The second kappa shape index (κ2) is 7.06. The molecule has 1 aromatic heterocycles. The molecule has 4 nitrogen and oxygen atoms in total. The van der Waals surface area contributed by atoms with Crippen molar-refractivity contribution in [2.75, 3.05) is 19.6 Å². The van der Waals surface area contributed by atoms with Crippen LogP contribution in [0.1, 0.15) is 61.7 Å². The number of piperidine rings is 1. The highest BCUT2D eigenvalue weighted by Gasteiger charge is 2.31. The summed E-state index contributed by atoms with van der Waals surface area (Å²) < 4.78 is 2.23. The minimum absolute atomic E-state index is 0.550. The van der Waals surface area contributed by atoms with Gasteiger partial charge in [-0.3, -0.25) is 0 Å². The molecule has 0 unspecified atom stereocenters. The first-order valence-electron chi connectivity index (χ1n) is 9.54. The van der Waals surface area contributed by atoms with Crippen molar-refractivity contribution in [3.63, 3.8) is 0 Å². The third-order valence-electron chi connectivity index (χ3n) is 5.43. The quantitative estimate of drug-likeness (QED) is 0.814. The van der Waals surface area contributed by atoms with Crippen LogP contribution >= 0.6 is 0 Å². The normalized spacial score (nSPS) is 22.0. The molecule has 0 radical (unpaired) electrons. The van der Waals surface area contributed by atoms with E-state index in [1.54, 1.807) is 0 Å². The summed E-state index contributed by atoms with van der Waals surface area (Å²) in [5.41, 5.74) is 1.38. The Morgan fingerprint density at radius 2 is 1.92 bits per heavy atom. The second-order valence-electron chi connectivity index (χ2n) is 7.29. The highest BCUT2D eigenvalue weighted by atomic mass is 15.4. The first-order valence-corrected chi connectivity index (χ1v) is 9.54. The molecule has 1 saturated heterocycles. The number of likely N-dealkylation sites (tertiary alicyclic amines) is 1. The lowest BCUT2D eigenvalue weighted by molar-refractivity contribution is 0.211. The van der Waals surface area contributed by atoms with Crippen LogP contribution < -0.4 is 0 Å². The fraction of sp³-hybridized carbons (Fsp3) is 0.600. The monoisotopic (exact) mass is 324 g/mol. The lowest BCUT2D eigenvalue weighted by atomic mass is 9.97. The number of rotatable bonds is 6. The van der Waals surface area contributed by atoms with Crippen LogP contribution in [0, 0.1) is 0 Å². The molecular formula is C20H28N4. The van der Waals surface area contributed by atoms with Crippen LogP contribution in [0.25, 0.3) is 0 Å². The van der Waals surface area contributed by atoms with Gasteiger partial charge in [0.15, 0.2) is 5.82 Å². The Balaban J connectivity index is 1.53. The van der Waals surface area contributed by atoms with Gasteiger partial charge < -0.3 is 4.90 Å². The van der Waals surface area contributed by atoms with Crippen LogP contribution in [0.3, 0.4) is 0 Å². The van der Waals surface area contributed by atoms with Crippen molar-refractivity contribution >= 4 is 0 Å². The molecule has 128 valence electrons. The molecule has 1 aromatic carbocycles. The number of aromatic nitrogens is 3. The number of likely N-dealkylation sites (N-methyl/N-ethyl adjacent to an activating group) is 1. The summed E-state index contributed by atoms with van der Waals surface area (Å²) in [6.45, 7) is 6.73. The molecule has 1 saturated carbocycles. The number of nitrogens with zero attached hydrogens (tertiary/aromatic N) is 4. The van der Waals surface area contributed by atoms with E-state index < -0.39 is 0 Å². The molecule has 1 atom stereocenters. The van der Waals surface area contributed by atoms with Crippen molar-refractivity contribution in [2.45, 2.75) is 57.4 Å². The highest BCUT2D eigenvalue weighted by Crippen LogP contribution is 2.39. The largest absolute Gasteiger partial charge is 0.303 e. The van der Waals surface area contributed by atoms with Crippen molar-refractivity contribution in [3.8, 4) is 0 Å². The van der Waals surface area contributed by atoms with E-state index >= 15 is 0 Å². The third-order valence-corrected chi connectivity index (χ3v) is 5.43. The van der Waals surface area contributed by atoms with Crippen LogP contribution in [-0.4, -0.2) is 39.3 Å². The van der Waals surface area contributed by atoms with Crippen molar-refractivity contribution in [1.29, 1.82) is 0 Å². The number of benzene rings is 1. The van der Waals surface area contributed by atoms with Crippen LogP contribution in [0.5, 0.6) is 0 Å². The molecule has 1 aliphatic carbocycles. The fourth-order valence-corrected chi connectivity index (χ4v) is 3.79. The van der Waals surface area contributed by atoms with E-state index in [1.165, 1.54) is 43.6 Å². The fourth-order valence-electron chi connectivity index (χ4n) is 3.79. The van der Waals surface area contributed by atoms with Crippen molar-refractivity contribution in [2.24, 2.45) is 0 Å². The van der Waals surface area contributed by atoms with E-state index in [0.29, 0.717) is 11.8 Å². The van der Waals surface area contributed by atoms with Gasteiger partial charge >= 0.3 is 0 Å². The minimum atomic E-state index is 0.550. The predicted octanol–water partition coefficient (Wildman–Crippen LogP) is 3.60. The minimum Gasteiger partial charge on any atom is -0.303 e. The summed E-state index contributed by atoms with van der Waals surface area (Å²) in [4.78, 5) is 7.56. The Labute approximate surface area is 144 Å². The van der Waals surface area contributed by atoms with E-state index in [9.17, 15) is 0 Å². The Hall–Kier alpha value is -1.68. The highest BCUT2D eigenvalue weighted by molar-refractivity contribution is 5.15. The van der Waals surface area contributed by atoms with Gasteiger partial charge in [-0.05, 0) is 50.8 Å². The molecule has 2 heterocycles. The van der Waals surface area contributed by atoms with E-state index in [2.05, 4.69) is 46.8 Å². The summed E-state index contributed by atoms with van der Waals surface area (Å²) in [7, 11) is 0. The van der Waals surface area contributed by atoms with Crippen LogP contribution in [0.4, 0.5) is 0 Å². The zero-order valence-electron chi connectivity index (χ0n) is 14.7. The summed E-state index contributed by atoms with van der Waals surface area (Å²) in [5, 5.41) is 4.90. The number of hydrogen-bond donors (Lipinski definition) is 0. The van der Waals surface area contributed by atoms with Crippen LogP contribution in [0.15, 0.2) is 30.3 Å². The Morgan fingerprint density at radius 1 is 1.08 bits per heavy atom. The van der Waals surface area contributed by atoms with E-state index in [4.69, 9.17) is 10.1 Å². The zero-order chi connectivity index (χ0) is 16.4. The summed E-state index contributed by atoms with van der Waals surface area (Å²) >= 11 is 0. The second-order valence-corrected chi connectivity index (χ2v) is 7.29. The Bertz CT molecular complexity index is 660. The Kier molecular flexibility index (Phi) is 4.65. The molecule has 0 spiro atoms. The summed E-state index contributed by atoms with van der Waals surface area (Å²) in [6, 6.07) is 10.7. The van der Waals surface area contributed by atoms with Gasteiger partial charge in [0.25, 0.3) is 0 Å². The molecule has 0 bridgehead atoms. The van der Waals surface area contributed by atoms with Gasteiger partial charge in [0.1, 0.15) is 5.82 Å². The summed E-state index contributed by atoms with van der Waals surface area (Å²) in [5.74, 6) is 3.53. The zero-order valence-corrected chi connectivity index (χ0v) is 14.7. The molecule has 0 amide bonds. The average Bonchev–Trinajstić information content (AvgIpc) is 3.41. The molecule has 24 heavy (non-hydrogen) atoms. The van der Waals surface area contributed by atoms with Crippen LogP contribution in [0.2, 0.25) is 0 Å². The SMILES string of the molecule is CCN1CCC[C@H](c2nc(C3CC3)nn2CCc2ccccc2)C1. The standard InChI is InChI=1S/C20H28N4/c1-2-23-13-6-9-18(15-23)20-21-19(17-10-11-17)22-24(20)14-12-16-7-4-3-5-8-16/h3-5,7-8,17-18H,2,6,9-15H2,1H3/t18-/m0/s1. The molecule has 2 fully saturated rings. The first-order chi connectivity index (χ1) is 11.8. The number of hydrogen-bond acceptors (Lipinski definition) is 3. The third kappa shape index (κ3) is 3.54. The lowest BCUT2D eigenvalue weighted by Crippen LogP contribution is -2.35. The van der Waals surface area contributed by atoms with Gasteiger partial charge in [0.2, 0.25) is 0 Å². The average molecular weight is 324 g/mol. The maximum atomic E-state index is 5.00. The molecule has 1 aliphatic heterocycles. The lowest BCUT2D eigenvalue weighted by Gasteiger charge is -2.31. The van der Waals surface area contributed by atoms with Crippen molar-refractivity contribution in [1.82, 2.24) is 19.7 Å². The predicted molar refractivity (Wildman–Crippen MR) is 96.2 cm³/mol. The smallest absolute Gasteiger partial charge is 0.154 e. The molecule has 0 N–H and O–H groups in total. The molecule has 4 rings (SSSR count). The van der Waals surface area contributed by atoms with Gasteiger partial charge in [-0.25, -0.2) is 9.67 Å². The molecular weight excluding hydrogens is 296 g/mol. The first kappa shape index (κ1) is 15.8. The van der Waals surface area contributed by atoms with Gasteiger partial charge in [0.05, 0.1) is 0 Å². The molecule has 2 aromatic rings. The van der Waals surface area contributed by atoms with E-state index in [-0.39, 0.29) is 0 Å². The molecule has 2 aliphatic rings. The topological polar surface area (TPSA) is 34.0 Å². The maximum Gasteiger partial charge on any atom is 0.154 e. The van der Waals surface area contributed by atoms with E-state index in [0.717, 1.165) is 31.9 Å². The number of aryl methyl sites for hydroxylation is 2. The van der Waals surface area contributed by atoms with Gasteiger partial charge in [-0.2, -0.15) is 5.10 Å². The van der Waals surface area contributed by atoms with Gasteiger partial charge in [0, 0.05) is 24.9 Å². The maximum absolute atomic E-state index is 5.00.